The Morgan fingerprint density at radius 3 is 1.02 bits per heavy atom. The summed E-state index contributed by atoms with van der Waals surface area (Å²) in [6.45, 7) is 0. The number of nitrogens with zero attached hydrogens (tertiary/aromatic N) is 5. The average molecular weight is 692 g/mol. The first kappa shape index (κ1) is 32.5. The summed E-state index contributed by atoms with van der Waals surface area (Å²) < 4.78 is 0. The van der Waals surface area contributed by atoms with E-state index in [1.54, 1.807) is 0 Å². The van der Waals surface area contributed by atoms with Gasteiger partial charge >= 0.3 is 0 Å². The third-order valence-electron chi connectivity index (χ3n) is 9.43. The quantitative estimate of drug-likeness (QED) is 0.159. The number of aromatic nitrogens is 5. The largest absolute Gasteiger partial charge is 0.254 e. The molecule has 0 bridgehead atoms. The van der Waals surface area contributed by atoms with Gasteiger partial charge < -0.3 is 0 Å². The maximum Gasteiger partial charge on any atom is 0.160 e. The second-order valence-corrected chi connectivity index (χ2v) is 13.0. The number of hydrogen-bond acceptors (Lipinski definition) is 5. The van der Waals surface area contributed by atoms with E-state index in [2.05, 4.69) is 115 Å². The molecule has 0 N–H and O–H groups in total. The Morgan fingerprint density at radius 1 is 0.222 bits per heavy atom. The number of rotatable bonds is 8. The van der Waals surface area contributed by atoms with Crippen LogP contribution in [0.25, 0.3) is 90.1 Å². The van der Waals surface area contributed by atoms with E-state index in [1.165, 1.54) is 0 Å². The summed E-state index contributed by atoms with van der Waals surface area (Å²) in [6.07, 6.45) is 3.82. The van der Waals surface area contributed by atoms with Gasteiger partial charge in [0.25, 0.3) is 0 Å². The van der Waals surface area contributed by atoms with Gasteiger partial charge in [-0.15, -0.1) is 0 Å². The number of benzene rings is 5. The molecule has 54 heavy (non-hydrogen) atoms. The van der Waals surface area contributed by atoms with Crippen molar-refractivity contribution in [1.29, 1.82) is 0 Å². The van der Waals surface area contributed by atoms with E-state index in [1.807, 2.05) is 85.2 Å². The van der Waals surface area contributed by atoms with Crippen molar-refractivity contribution >= 4 is 0 Å². The van der Waals surface area contributed by atoms with Crippen molar-refractivity contribution in [3.63, 3.8) is 0 Å². The first-order valence-electron chi connectivity index (χ1n) is 17.9. The van der Waals surface area contributed by atoms with Gasteiger partial charge in [-0.2, -0.15) is 0 Å². The zero-order chi connectivity index (χ0) is 36.1. The second kappa shape index (κ2) is 14.7. The molecule has 0 amide bonds. The van der Waals surface area contributed by atoms with Crippen molar-refractivity contribution < 1.29 is 0 Å². The van der Waals surface area contributed by atoms with Crippen molar-refractivity contribution in [1.82, 2.24) is 24.9 Å². The Balaban J connectivity index is 1.02. The van der Waals surface area contributed by atoms with Crippen LogP contribution in [0.15, 0.2) is 200 Å². The predicted molar refractivity (Wildman–Crippen MR) is 219 cm³/mol. The van der Waals surface area contributed by atoms with Crippen LogP contribution in [0.1, 0.15) is 0 Å². The van der Waals surface area contributed by atoms with Gasteiger partial charge in [0.2, 0.25) is 0 Å². The summed E-state index contributed by atoms with van der Waals surface area (Å²) in [6, 6.07) is 64.0. The smallest absolute Gasteiger partial charge is 0.160 e. The van der Waals surface area contributed by atoms with Crippen molar-refractivity contribution in [3.05, 3.63) is 200 Å². The van der Waals surface area contributed by atoms with E-state index in [0.717, 1.165) is 84.2 Å². The van der Waals surface area contributed by atoms with Crippen LogP contribution >= 0.6 is 0 Å². The molecule has 0 spiro atoms. The molecule has 0 fully saturated rings. The maximum atomic E-state index is 5.07. The summed E-state index contributed by atoms with van der Waals surface area (Å²) in [5.74, 6) is 0.680. The molecule has 0 aliphatic carbocycles. The van der Waals surface area contributed by atoms with Crippen molar-refractivity contribution in [2.24, 2.45) is 0 Å². The lowest BCUT2D eigenvalue weighted by Gasteiger charge is -2.11. The summed E-state index contributed by atoms with van der Waals surface area (Å²) in [5, 5.41) is 0. The highest BCUT2D eigenvalue weighted by Crippen LogP contribution is 2.32. The van der Waals surface area contributed by atoms with E-state index in [9.17, 15) is 0 Å². The van der Waals surface area contributed by atoms with Gasteiger partial charge in [0, 0.05) is 40.2 Å². The topological polar surface area (TPSA) is 64.5 Å². The fourth-order valence-electron chi connectivity index (χ4n) is 6.55. The molecule has 4 heterocycles. The van der Waals surface area contributed by atoms with Crippen LogP contribution in [0.4, 0.5) is 0 Å². The molecule has 0 unspecified atom stereocenters. The Bertz CT molecular complexity index is 2590. The Labute approximate surface area is 314 Å². The SMILES string of the molecule is c1ccc(-c2ccc(-c3cc(-c4ccccc4)cc(-c4ccc(-c5ccc(-c6nc(-c7ccccc7)cc(-c7ccccc7)n6)cc5)cn4)n3)nc2)cc1. The monoisotopic (exact) mass is 691 g/mol. The summed E-state index contributed by atoms with van der Waals surface area (Å²) >= 11 is 0. The van der Waals surface area contributed by atoms with Gasteiger partial charge in [-0.1, -0.05) is 158 Å². The highest BCUT2D eigenvalue weighted by atomic mass is 14.9. The molecule has 0 saturated heterocycles. The fraction of sp³-hybridized carbons (Fsp3) is 0. The first-order chi connectivity index (χ1) is 26.7. The van der Waals surface area contributed by atoms with Gasteiger partial charge in [-0.3, -0.25) is 9.97 Å². The molecule has 9 rings (SSSR count). The highest BCUT2D eigenvalue weighted by molar-refractivity contribution is 5.77. The minimum atomic E-state index is 0.680. The van der Waals surface area contributed by atoms with E-state index in [4.69, 9.17) is 24.9 Å². The predicted octanol–water partition coefficient (Wildman–Crippen LogP) is 12.0. The van der Waals surface area contributed by atoms with E-state index in [0.29, 0.717) is 5.82 Å². The van der Waals surface area contributed by atoms with Crippen LogP contribution < -0.4 is 0 Å². The lowest BCUT2D eigenvalue weighted by Crippen LogP contribution is -1.96. The van der Waals surface area contributed by atoms with Crippen molar-refractivity contribution in [2.75, 3.05) is 0 Å². The summed E-state index contributed by atoms with van der Waals surface area (Å²) in [7, 11) is 0. The number of hydrogen-bond donors (Lipinski definition) is 0. The van der Waals surface area contributed by atoms with Crippen LogP contribution in [-0.2, 0) is 0 Å². The second-order valence-electron chi connectivity index (χ2n) is 13.0. The molecule has 0 aliphatic rings. The van der Waals surface area contributed by atoms with Crippen LogP contribution in [0, 0.1) is 0 Å². The maximum absolute atomic E-state index is 5.07. The molecule has 0 radical (unpaired) electrons. The zero-order valence-corrected chi connectivity index (χ0v) is 29.3. The van der Waals surface area contributed by atoms with Crippen LogP contribution in [-0.4, -0.2) is 24.9 Å². The molecular formula is C49H33N5. The van der Waals surface area contributed by atoms with Gasteiger partial charge in [0.1, 0.15) is 0 Å². The third kappa shape index (κ3) is 6.94. The minimum Gasteiger partial charge on any atom is -0.254 e. The molecular weight excluding hydrogens is 659 g/mol. The zero-order valence-electron chi connectivity index (χ0n) is 29.3. The first-order valence-corrected chi connectivity index (χ1v) is 17.9. The van der Waals surface area contributed by atoms with Crippen molar-refractivity contribution in [3.8, 4) is 90.1 Å². The molecule has 9 aromatic rings. The van der Waals surface area contributed by atoms with Gasteiger partial charge in [-0.25, -0.2) is 15.0 Å². The standard InChI is InChI=1S/C49H33N5/c1-5-13-34(14-6-1)40-25-27-43(50-32-40)47-29-42(35-15-7-2-8-16-35)30-48(52-47)44-28-26-41(33-51-44)36-21-23-39(24-22-36)49-53-45(37-17-9-3-10-18-37)31-46(54-49)38-19-11-4-12-20-38/h1-33H. The van der Waals surface area contributed by atoms with Crippen LogP contribution in [0.5, 0.6) is 0 Å². The molecule has 5 aromatic carbocycles. The lowest BCUT2D eigenvalue weighted by molar-refractivity contribution is 1.18. The number of pyridine rings is 3. The molecule has 0 atom stereocenters. The third-order valence-corrected chi connectivity index (χ3v) is 9.43. The van der Waals surface area contributed by atoms with Gasteiger partial charge in [-0.05, 0) is 52.6 Å². The van der Waals surface area contributed by atoms with Crippen LogP contribution in [0.3, 0.4) is 0 Å². The van der Waals surface area contributed by atoms with E-state index in [-0.39, 0.29) is 0 Å². The molecule has 5 heteroatoms. The summed E-state index contributed by atoms with van der Waals surface area (Å²) in [4.78, 5) is 24.8. The Kier molecular flexibility index (Phi) is 8.86. The lowest BCUT2D eigenvalue weighted by atomic mass is 10.0. The van der Waals surface area contributed by atoms with Crippen molar-refractivity contribution in [2.45, 2.75) is 0 Å². The molecule has 0 aliphatic heterocycles. The molecule has 254 valence electrons. The minimum absolute atomic E-state index is 0.680. The Morgan fingerprint density at radius 2 is 0.593 bits per heavy atom. The Hall–Kier alpha value is -7.37. The van der Waals surface area contributed by atoms with Gasteiger partial charge in [0.05, 0.1) is 34.2 Å². The normalized spacial score (nSPS) is 11.0. The van der Waals surface area contributed by atoms with Crippen LogP contribution in [0.2, 0.25) is 0 Å². The molecule has 5 nitrogen and oxygen atoms in total. The summed E-state index contributed by atoms with van der Waals surface area (Å²) in [5.41, 5.74) is 14.4. The highest BCUT2D eigenvalue weighted by Gasteiger charge is 2.13. The molecule has 4 aromatic heterocycles. The van der Waals surface area contributed by atoms with Gasteiger partial charge in [0.15, 0.2) is 5.82 Å². The van der Waals surface area contributed by atoms with E-state index < -0.39 is 0 Å². The van der Waals surface area contributed by atoms with E-state index >= 15 is 0 Å². The average Bonchev–Trinajstić information content (AvgIpc) is 3.27. The fourth-order valence-corrected chi connectivity index (χ4v) is 6.55. The molecule has 0 saturated carbocycles.